The third kappa shape index (κ3) is 6.27. The number of benzene rings is 1. The molecule has 0 saturated carbocycles. The van der Waals surface area contributed by atoms with Crippen LogP contribution in [0.2, 0.25) is 5.02 Å². The molecule has 35 heavy (non-hydrogen) atoms. The summed E-state index contributed by atoms with van der Waals surface area (Å²) < 4.78 is 36.1. The van der Waals surface area contributed by atoms with Crippen molar-refractivity contribution in [2.75, 3.05) is 16.3 Å². The van der Waals surface area contributed by atoms with Gasteiger partial charge in [-0.1, -0.05) is 23.5 Å². The van der Waals surface area contributed by atoms with E-state index < -0.39 is 11.6 Å². The number of ether oxygens (including phenoxy) is 1. The Morgan fingerprint density at radius 2 is 1.86 bits per heavy atom. The predicted octanol–water partition coefficient (Wildman–Crippen LogP) is 6.97. The fourth-order valence-electron chi connectivity index (χ4n) is 3.33. The molecule has 0 unspecified atom stereocenters. The highest BCUT2D eigenvalue weighted by molar-refractivity contribution is 7.99. The van der Waals surface area contributed by atoms with Crippen LogP contribution in [0.1, 0.15) is 20.1 Å². The zero-order chi connectivity index (χ0) is 24.9. The van der Waals surface area contributed by atoms with Crippen LogP contribution in [-0.4, -0.2) is 22.1 Å². The van der Waals surface area contributed by atoms with Crippen molar-refractivity contribution in [2.24, 2.45) is 0 Å². The van der Waals surface area contributed by atoms with Crippen molar-refractivity contribution in [1.82, 2.24) is 9.97 Å². The average molecular weight is 533 g/mol. The maximum absolute atomic E-state index is 14.0. The Morgan fingerprint density at radius 3 is 2.63 bits per heavy atom. The van der Waals surface area contributed by atoms with Crippen LogP contribution in [0.5, 0.6) is 5.75 Å². The third-order valence-corrected chi connectivity index (χ3v) is 6.49. The van der Waals surface area contributed by atoms with Crippen LogP contribution in [-0.2, 0) is 6.61 Å². The minimum absolute atomic E-state index is 0.0597. The SMILES string of the molecule is CSNc1cc(Cl)cc(NC(=O)c2cc(-c3ncc(F)cc3COc3cncc(F)c3)c(C)s2)c1. The first-order chi connectivity index (χ1) is 16.8. The highest BCUT2D eigenvalue weighted by atomic mass is 35.5. The van der Waals surface area contributed by atoms with Crippen molar-refractivity contribution in [1.29, 1.82) is 0 Å². The van der Waals surface area contributed by atoms with E-state index in [9.17, 15) is 13.6 Å². The Balaban J connectivity index is 1.58. The number of nitrogens with zero attached hydrogens (tertiary/aromatic N) is 2. The lowest BCUT2D eigenvalue weighted by Gasteiger charge is -2.10. The Kier molecular flexibility index (Phi) is 7.84. The zero-order valence-corrected chi connectivity index (χ0v) is 21.0. The van der Waals surface area contributed by atoms with Crippen molar-refractivity contribution in [3.63, 3.8) is 0 Å². The Labute approximate surface area is 213 Å². The van der Waals surface area contributed by atoms with E-state index in [1.165, 1.54) is 41.6 Å². The largest absolute Gasteiger partial charge is 0.487 e. The fourth-order valence-corrected chi connectivity index (χ4v) is 4.83. The van der Waals surface area contributed by atoms with Gasteiger partial charge in [0, 0.05) is 44.7 Å². The quantitative estimate of drug-likeness (QED) is 0.239. The number of aromatic nitrogens is 2. The van der Waals surface area contributed by atoms with Gasteiger partial charge < -0.3 is 14.8 Å². The molecule has 3 aromatic heterocycles. The summed E-state index contributed by atoms with van der Waals surface area (Å²) in [6.45, 7) is 1.79. The van der Waals surface area contributed by atoms with E-state index in [0.717, 1.165) is 23.0 Å². The Hall–Kier alpha value is -3.21. The predicted molar refractivity (Wildman–Crippen MR) is 137 cm³/mol. The highest BCUT2D eigenvalue weighted by Gasteiger charge is 2.18. The second-order valence-corrected chi connectivity index (χ2v) is 9.66. The molecule has 0 aliphatic rings. The van der Waals surface area contributed by atoms with Crippen LogP contribution in [0.15, 0.2) is 55.0 Å². The standard InChI is InChI=1S/C24H19ClF2N4O2S2/c1-13-21(8-22(35-13)24(32)30-18-4-15(25)5-19(7-18)31-34-2)23-14(3-16(26)10-29-23)12-33-20-6-17(27)9-28-11-20/h3-11,31H,12H2,1-2H3,(H,30,32). The van der Waals surface area contributed by atoms with Crippen molar-refractivity contribution >= 4 is 52.2 Å². The molecule has 2 N–H and O–H groups in total. The number of pyridine rings is 2. The minimum atomic E-state index is -0.541. The number of carbonyl (C=O) groups is 1. The van der Waals surface area contributed by atoms with E-state index in [-0.39, 0.29) is 18.3 Å². The topological polar surface area (TPSA) is 76.1 Å². The number of anilines is 2. The van der Waals surface area contributed by atoms with E-state index in [1.807, 2.05) is 13.2 Å². The molecule has 11 heteroatoms. The molecule has 0 radical (unpaired) electrons. The molecule has 180 valence electrons. The van der Waals surface area contributed by atoms with Crippen molar-refractivity contribution in [2.45, 2.75) is 13.5 Å². The fraction of sp³-hybridized carbons (Fsp3) is 0.125. The van der Waals surface area contributed by atoms with Gasteiger partial charge in [0.1, 0.15) is 24.0 Å². The van der Waals surface area contributed by atoms with E-state index in [1.54, 1.807) is 24.3 Å². The van der Waals surface area contributed by atoms with Gasteiger partial charge in [0.15, 0.2) is 0 Å². The summed E-state index contributed by atoms with van der Waals surface area (Å²) in [5.41, 5.74) is 2.90. The monoisotopic (exact) mass is 532 g/mol. The van der Waals surface area contributed by atoms with E-state index in [2.05, 4.69) is 20.0 Å². The van der Waals surface area contributed by atoms with Gasteiger partial charge in [0.05, 0.1) is 29.2 Å². The molecule has 0 atom stereocenters. The Bertz CT molecular complexity index is 1380. The smallest absolute Gasteiger partial charge is 0.265 e. The van der Waals surface area contributed by atoms with Gasteiger partial charge in [-0.05, 0) is 37.3 Å². The normalized spacial score (nSPS) is 10.8. The summed E-state index contributed by atoms with van der Waals surface area (Å²) in [6.07, 6.45) is 5.41. The van der Waals surface area contributed by atoms with E-state index in [0.29, 0.717) is 32.4 Å². The van der Waals surface area contributed by atoms with Crippen LogP contribution in [0.4, 0.5) is 20.2 Å². The Morgan fingerprint density at radius 1 is 1.09 bits per heavy atom. The molecule has 0 aliphatic carbocycles. The number of carbonyl (C=O) groups excluding carboxylic acids is 1. The molecule has 4 rings (SSSR count). The van der Waals surface area contributed by atoms with Gasteiger partial charge >= 0.3 is 0 Å². The number of rotatable bonds is 8. The molecule has 0 spiro atoms. The summed E-state index contributed by atoms with van der Waals surface area (Å²) >= 11 is 8.86. The lowest BCUT2D eigenvalue weighted by atomic mass is 10.1. The number of hydrogen-bond donors (Lipinski definition) is 2. The van der Waals surface area contributed by atoms with Gasteiger partial charge in [0.25, 0.3) is 5.91 Å². The molecule has 1 amide bonds. The van der Waals surface area contributed by atoms with Gasteiger partial charge in [-0.15, -0.1) is 11.3 Å². The summed E-state index contributed by atoms with van der Waals surface area (Å²) in [5.74, 6) is -1.18. The second kappa shape index (κ2) is 11.0. The molecular weight excluding hydrogens is 514 g/mol. The maximum atomic E-state index is 14.0. The second-order valence-electron chi connectivity index (χ2n) is 7.36. The lowest BCUT2D eigenvalue weighted by molar-refractivity contribution is 0.103. The number of halogens is 3. The molecular formula is C24H19ClF2N4O2S2. The van der Waals surface area contributed by atoms with Crippen LogP contribution in [0.3, 0.4) is 0 Å². The van der Waals surface area contributed by atoms with Crippen molar-refractivity contribution in [3.05, 3.63) is 87.0 Å². The first kappa shape index (κ1) is 24.9. The van der Waals surface area contributed by atoms with Gasteiger partial charge in [-0.25, -0.2) is 8.78 Å². The summed E-state index contributed by atoms with van der Waals surface area (Å²) in [6, 6.07) is 9.38. The number of hydrogen-bond acceptors (Lipinski definition) is 7. The van der Waals surface area contributed by atoms with Gasteiger partial charge in [-0.2, -0.15) is 0 Å². The molecule has 0 bridgehead atoms. The van der Waals surface area contributed by atoms with Crippen molar-refractivity contribution in [3.8, 4) is 17.0 Å². The summed E-state index contributed by atoms with van der Waals surface area (Å²) in [7, 11) is 0. The van der Waals surface area contributed by atoms with Crippen LogP contribution in [0, 0.1) is 18.6 Å². The summed E-state index contributed by atoms with van der Waals surface area (Å²) in [4.78, 5) is 22.2. The van der Waals surface area contributed by atoms with E-state index in [4.69, 9.17) is 16.3 Å². The molecule has 0 saturated heterocycles. The van der Waals surface area contributed by atoms with Gasteiger partial charge in [0.2, 0.25) is 0 Å². The zero-order valence-electron chi connectivity index (χ0n) is 18.6. The molecule has 0 fully saturated rings. The molecule has 1 aromatic carbocycles. The van der Waals surface area contributed by atoms with Gasteiger partial charge in [-0.3, -0.25) is 14.8 Å². The number of amides is 1. The molecule has 0 aliphatic heterocycles. The number of nitrogens with one attached hydrogen (secondary N) is 2. The first-order valence-corrected chi connectivity index (χ1v) is 12.6. The van der Waals surface area contributed by atoms with E-state index >= 15 is 0 Å². The highest BCUT2D eigenvalue weighted by Crippen LogP contribution is 2.33. The molecule has 6 nitrogen and oxygen atoms in total. The van der Waals surface area contributed by atoms with Crippen LogP contribution >= 0.6 is 34.9 Å². The van der Waals surface area contributed by atoms with Crippen molar-refractivity contribution < 1.29 is 18.3 Å². The summed E-state index contributed by atoms with van der Waals surface area (Å²) in [5, 5.41) is 3.34. The molecule has 3 heterocycles. The van der Waals surface area contributed by atoms with Crippen LogP contribution < -0.4 is 14.8 Å². The lowest BCUT2D eigenvalue weighted by Crippen LogP contribution is -2.10. The number of thiophene rings is 1. The first-order valence-electron chi connectivity index (χ1n) is 10.2. The third-order valence-electron chi connectivity index (χ3n) is 4.78. The number of aryl methyl sites for hydroxylation is 1. The maximum Gasteiger partial charge on any atom is 0.265 e. The minimum Gasteiger partial charge on any atom is -0.487 e. The van der Waals surface area contributed by atoms with Crippen LogP contribution in [0.25, 0.3) is 11.3 Å². The average Bonchev–Trinajstić information content (AvgIpc) is 3.19. The molecule has 4 aromatic rings.